The molecular formula is C15H17FN2S. The zero-order chi connectivity index (χ0) is 13.8. The second-order valence-electron chi connectivity index (χ2n) is 4.38. The van der Waals surface area contributed by atoms with Crippen molar-refractivity contribution in [2.45, 2.75) is 17.0 Å². The summed E-state index contributed by atoms with van der Waals surface area (Å²) in [6.45, 7) is 0. The van der Waals surface area contributed by atoms with E-state index in [1.54, 1.807) is 23.9 Å². The predicted octanol–water partition coefficient (Wildman–Crippen LogP) is 3.25. The summed E-state index contributed by atoms with van der Waals surface area (Å²) < 4.78 is 13.2. The summed E-state index contributed by atoms with van der Waals surface area (Å²) in [6, 6.07) is 13.5. The zero-order valence-corrected chi connectivity index (χ0v) is 11.5. The molecule has 0 saturated heterocycles. The molecule has 19 heavy (non-hydrogen) atoms. The third-order valence-electron chi connectivity index (χ3n) is 3.12. The Morgan fingerprint density at radius 3 is 2.16 bits per heavy atom. The molecule has 0 fully saturated rings. The van der Waals surface area contributed by atoms with Gasteiger partial charge in [-0.3, -0.25) is 0 Å². The van der Waals surface area contributed by atoms with Crippen molar-refractivity contribution >= 4 is 11.8 Å². The van der Waals surface area contributed by atoms with E-state index in [-0.39, 0.29) is 11.9 Å². The summed E-state index contributed by atoms with van der Waals surface area (Å²) >= 11 is 1.67. The lowest BCUT2D eigenvalue weighted by atomic mass is 9.95. The molecule has 2 atom stereocenters. The molecular weight excluding hydrogens is 259 g/mol. The number of hydrogen-bond donors (Lipinski definition) is 2. The first-order chi connectivity index (χ1) is 9.11. The van der Waals surface area contributed by atoms with Gasteiger partial charge in [-0.15, -0.1) is 11.8 Å². The largest absolute Gasteiger partial charge is 0.322 e. The smallest absolute Gasteiger partial charge is 0.123 e. The summed E-state index contributed by atoms with van der Waals surface area (Å²) in [5.74, 6) is -0.294. The van der Waals surface area contributed by atoms with Crippen molar-refractivity contribution in [3.05, 3.63) is 65.5 Å². The lowest BCUT2D eigenvalue weighted by molar-refractivity contribution is 0.564. The van der Waals surface area contributed by atoms with Gasteiger partial charge < -0.3 is 11.5 Å². The van der Waals surface area contributed by atoms with E-state index in [9.17, 15) is 4.39 Å². The van der Waals surface area contributed by atoms with E-state index in [1.807, 2.05) is 30.5 Å². The minimum absolute atomic E-state index is 0.294. The second kappa shape index (κ2) is 6.19. The summed E-state index contributed by atoms with van der Waals surface area (Å²) in [5.41, 5.74) is 13.9. The first-order valence-electron chi connectivity index (χ1n) is 6.02. The van der Waals surface area contributed by atoms with Crippen LogP contribution >= 0.6 is 11.8 Å². The van der Waals surface area contributed by atoms with Gasteiger partial charge in [0, 0.05) is 17.0 Å². The molecule has 2 rings (SSSR count). The lowest BCUT2D eigenvalue weighted by Crippen LogP contribution is -2.26. The molecule has 0 aliphatic carbocycles. The number of rotatable bonds is 4. The van der Waals surface area contributed by atoms with Gasteiger partial charge >= 0.3 is 0 Å². The van der Waals surface area contributed by atoms with Crippen LogP contribution in [0.4, 0.5) is 4.39 Å². The highest BCUT2D eigenvalue weighted by atomic mass is 32.2. The summed E-state index contributed by atoms with van der Waals surface area (Å²) in [4.78, 5) is 1.18. The molecule has 0 spiro atoms. The fraction of sp³-hybridized carbons (Fsp3) is 0.200. The summed E-state index contributed by atoms with van der Waals surface area (Å²) in [7, 11) is 0. The van der Waals surface area contributed by atoms with Crippen molar-refractivity contribution in [1.82, 2.24) is 0 Å². The van der Waals surface area contributed by atoms with Gasteiger partial charge in [-0.25, -0.2) is 4.39 Å². The maximum absolute atomic E-state index is 13.2. The third-order valence-corrected chi connectivity index (χ3v) is 3.86. The number of halogens is 1. The van der Waals surface area contributed by atoms with E-state index in [1.165, 1.54) is 17.0 Å². The van der Waals surface area contributed by atoms with Crippen molar-refractivity contribution in [3.63, 3.8) is 0 Å². The van der Waals surface area contributed by atoms with Crippen LogP contribution in [0.25, 0.3) is 0 Å². The Bertz CT molecular complexity index is 542. The fourth-order valence-corrected chi connectivity index (χ4v) is 2.36. The first-order valence-corrected chi connectivity index (χ1v) is 7.25. The standard InChI is InChI=1S/C15H17FN2S/c1-19-13-7-5-10(6-8-13)14(17)15(18)11-3-2-4-12(16)9-11/h2-9,14-15H,17-18H2,1H3. The zero-order valence-electron chi connectivity index (χ0n) is 10.7. The van der Waals surface area contributed by atoms with Crippen molar-refractivity contribution in [2.24, 2.45) is 11.5 Å². The minimum atomic E-state index is -0.421. The average molecular weight is 276 g/mol. The second-order valence-corrected chi connectivity index (χ2v) is 5.26. The van der Waals surface area contributed by atoms with Crippen molar-refractivity contribution in [1.29, 1.82) is 0 Å². The van der Waals surface area contributed by atoms with E-state index >= 15 is 0 Å². The Morgan fingerprint density at radius 1 is 0.947 bits per heavy atom. The molecule has 0 aliphatic heterocycles. The van der Waals surface area contributed by atoms with Crippen LogP contribution in [-0.2, 0) is 0 Å². The molecule has 0 amide bonds. The van der Waals surface area contributed by atoms with Gasteiger partial charge in [0.1, 0.15) is 5.82 Å². The molecule has 100 valence electrons. The molecule has 2 aromatic rings. The van der Waals surface area contributed by atoms with Crippen LogP contribution in [0.2, 0.25) is 0 Å². The number of nitrogens with two attached hydrogens (primary N) is 2. The number of thioether (sulfide) groups is 1. The van der Waals surface area contributed by atoms with E-state index in [4.69, 9.17) is 11.5 Å². The normalized spacial score (nSPS) is 14.1. The van der Waals surface area contributed by atoms with E-state index < -0.39 is 6.04 Å². The Labute approximate surface area is 117 Å². The maximum Gasteiger partial charge on any atom is 0.123 e. The quantitative estimate of drug-likeness (QED) is 0.843. The monoisotopic (exact) mass is 276 g/mol. The molecule has 2 unspecified atom stereocenters. The van der Waals surface area contributed by atoms with Crippen molar-refractivity contribution in [2.75, 3.05) is 6.26 Å². The Kier molecular flexibility index (Phi) is 4.58. The molecule has 0 bridgehead atoms. The third kappa shape index (κ3) is 3.35. The highest BCUT2D eigenvalue weighted by molar-refractivity contribution is 7.98. The molecule has 0 saturated carbocycles. The van der Waals surface area contributed by atoms with Crippen LogP contribution < -0.4 is 11.5 Å². The Hall–Kier alpha value is -1.36. The van der Waals surface area contributed by atoms with Gasteiger partial charge in [0.2, 0.25) is 0 Å². The molecule has 0 aromatic heterocycles. The van der Waals surface area contributed by atoms with Crippen LogP contribution in [0.3, 0.4) is 0 Å². The predicted molar refractivity (Wildman–Crippen MR) is 78.5 cm³/mol. The highest BCUT2D eigenvalue weighted by Crippen LogP contribution is 2.26. The van der Waals surface area contributed by atoms with E-state index in [0.717, 1.165) is 5.56 Å². The van der Waals surface area contributed by atoms with Crippen LogP contribution in [0.15, 0.2) is 53.4 Å². The lowest BCUT2D eigenvalue weighted by Gasteiger charge is -2.21. The van der Waals surface area contributed by atoms with E-state index in [2.05, 4.69) is 0 Å². The number of benzene rings is 2. The van der Waals surface area contributed by atoms with Crippen molar-refractivity contribution < 1.29 is 4.39 Å². The Balaban J connectivity index is 2.20. The first kappa shape index (κ1) is 14.1. The molecule has 4 heteroatoms. The molecule has 0 heterocycles. The van der Waals surface area contributed by atoms with Gasteiger partial charge in [-0.1, -0.05) is 24.3 Å². The van der Waals surface area contributed by atoms with Crippen LogP contribution in [0, 0.1) is 5.82 Å². The summed E-state index contributed by atoms with van der Waals surface area (Å²) in [5, 5.41) is 0. The average Bonchev–Trinajstić information content (AvgIpc) is 2.46. The molecule has 0 radical (unpaired) electrons. The van der Waals surface area contributed by atoms with Crippen LogP contribution in [0.1, 0.15) is 23.2 Å². The number of hydrogen-bond acceptors (Lipinski definition) is 3. The van der Waals surface area contributed by atoms with Crippen molar-refractivity contribution in [3.8, 4) is 0 Å². The van der Waals surface area contributed by atoms with Gasteiger partial charge in [0.25, 0.3) is 0 Å². The summed E-state index contributed by atoms with van der Waals surface area (Å²) in [6.07, 6.45) is 2.02. The fourth-order valence-electron chi connectivity index (χ4n) is 1.95. The Morgan fingerprint density at radius 2 is 1.58 bits per heavy atom. The van der Waals surface area contributed by atoms with Crippen LogP contribution in [0.5, 0.6) is 0 Å². The SMILES string of the molecule is CSc1ccc(C(N)C(N)c2cccc(F)c2)cc1. The van der Waals surface area contributed by atoms with E-state index in [0.29, 0.717) is 5.56 Å². The minimum Gasteiger partial charge on any atom is -0.322 e. The molecule has 2 aromatic carbocycles. The molecule has 2 nitrogen and oxygen atoms in total. The molecule has 4 N–H and O–H groups in total. The topological polar surface area (TPSA) is 52.0 Å². The van der Waals surface area contributed by atoms with Crippen LogP contribution in [-0.4, -0.2) is 6.26 Å². The van der Waals surface area contributed by atoms with Gasteiger partial charge in [-0.2, -0.15) is 0 Å². The van der Waals surface area contributed by atoms with Gasteiger partial charge in [0.15, 0.2) is 0 Å². The van der Waals surface area contributed by atoms with Gasteiger partial charge in [-0.05, 0) is 41.6 Å². The van der Waals surface area contributed by atoms with Gasteiger partial charge in [0.05, 0.1) is 0 Å². The highest BCUT2D eigenvalue weighted by Gasteiger charge is 2.17. The molecule has 0 aliphatic rings. The maximum atomic E-state index is 13.2.